The van der Waals surface area contributed by atoms with Gasteiger partial charge < -0.3 is 10.6 Å². The fourth-order valence-corrected chi connectivity index (χ4v) is 3.54. The van der Waals surface area contributed by atoms with E-state index in [9.17, 15) is 4.79 Å². The predicted molar refractivity (Wildman–Crippen MR) is 95.3 cm³/mol. The van der Waals surface area contributed by atoms with E-state index >= 15 is 0 Å². The van der Waals surface area contributed by atoms with Crippen LogP contribution < -0.4 is 5.73 Å². The minimum absolute atomic E-state index is 0.0912. The molecule has 2 aromatic carbocycles. The lowest BCUT2D eigenvalue weighted by Gasteiger charge is -2.35. The molecule has 2 aromatic rings. The molecule has 122 valence electrons. The first-order valence-electron chi connectivity index (χ1n) is 8.59. The molecule has 1 aliphatic heterocycles. The Morgan fingerprint density at radius 1 is 1.09 bits per heavy atom. The summed E-state index contributed by atoms with van der Waals surface area (Å²) in [7, 11) is 0. The number of hydrogen-bond donors (Lipinski definition) is 1. The number of rotatable bonds is 3. The van der Waals surface area contributed by atoms with Crippen LogP contribution in [0, 0.1) is 5.92 Å². The van der Waals surface area contributed by atoms with Crippen LogP contribution in [0.25, 0.3) is 10.8 Å². The van der Waals surface area contributed by atoms with Crippen LogP contribution in [0.5, 0.6) is 0 Å². The summed E-state index contributed by atoms with van der Waals surface area (Å²) in [4.78, 5) is 14.8. The van der Waals surface area contributed by atoms with Gasteiger partial charge in [-0.25, -0.2) is 0 Å². The summed E-state index contributed by atoms with van der Waals surface area (Å²) in [5, 5.41) is 2.41. The second-order valence-electron chi connectivity index (χ2n) is 6.85. The van der Waals surface area contributed by atoms with Gasteiger partial charge in [0.25, 0.3) is 0 Å². The van der Waals surface area contributed by atoms with Gasteiger partial charge in [0.1, 0.15) is 0 Å². The number of nitrogens with zero attached hydrogens (tertiary/aromatic N) is 1. The normalized spacial score (nSPS) is 18.8. The Kier molecular flexibility index (Phi) is 4.67. The summed E-state index contributed by atoms with van der Waals surface area (Å²) < 4.78 is 0. The molecule has 3 nitrogen and oxygen atoms in total. The topological polar surface area (TPSA) is 46.3 Å². The van der Waals surface area contributed by atoms with Gasteiger partial charge in [0.15, 0.2) is 0 Å². The molecule has 0 aliphatic carbocycles. The smallest absolute Gasteiger partial charge is 0.229 e. The first-order valence-corrected chi connectivity index (χ1v) is 8.59. The SMILES string of the molecule is CC(C(=O)N1CCC(C(C)N)CC1)c1ccc2ccccc2c1. The van der Waals surface area contributed by atoms with Crippen molar-refractivity contribution in [2.45, 2.75) is 38.6 Å². The van der Waals surface area contributed by atoms with Gasteiger partial charge in [-0.2, -0.15) is 0 Å². The van der Waals surface area contributed by atoms with Crippen LogP contribution in [-0.2, 0) is 4.79 Å². The number of likely N-dealkylation sites (tertiary alicyclic amines) is 1. The van der Waals surface area contributed by atoms with Gasteiger partial charge in [-0.3, -0.25) is 4.79 Å². The molecule has 1 amide bonds. The Balaban J connectivity index is 1.71. The van der Waals surface area contributed by atoms with Gasteiger partial charge >= 0.3 is 0 Å². The van der Waals surface area contributed by atoms with Crippen molar-refractivity contribution in [3.63, 3.8) is 0 Å². The fourth-order valence-electron chi connectivity index (χ4n) is 3.54. The van der Waals surface area contributed by atoms with Crippen LogP contribution in [-0.4, -0.2) is 29.9 Å². The highest BCUT2D eigenvalue weighted by atomic mass is 16.2. The van der Waals surface area contributed by atoms with E-state index in [0.717, 1.165) is 31.5 Å². The van der Waals surface area contributed by atoms with Gasteiger partial charge in [0.2, 0.25) is 5.91 Å². The molecule has 0 radical (unpaired) electrons. The van der Waals surface area contributed by atoms with Gasteiger partial charge in [-0.15, -0.1) is 0 Å². The first-order chi connectivity index (χ1) is 11.1. The maximum atomic E-state index is 12.8. The fraction of sp³-hybridized carbons (Fsp3) is 0.450. The monoisotopic (exact) mass is 310 g/mol. The van der Waals surface area contributed by atoms with Crippen molar-refractivity contribution in [3.8, 4) is 0 Å². The molecule has 1 fully saturated rings. The summed E-state index contributed by atoms with van der Waals surface area (Å²) in [6.07, 6.45) is 2.04. The molecule has 2 N–H and O–H groups in total. The number of nitrogens with two attached hydrogens (primary N) is 1. The van der Waals surface area contributed by atoms with Crippen LogP contribution in [0.3, 0.4) is 0 Å². The lowest BCUT2D eigenvalue weighted by atomic mass is 9.89. The van der Waals surface area contributed by atoms with Crippen LogP contribution in [0.15, 0.2) is 42.5 Å². The number of amides is 1. The quantitative estimate of drug-likeness (QED) is 0.942. The zero-order valence-electron chi connectivity index (χ0n) is 14.0. The third-order valence-corrected chi connectivity index (χ3v) is 5.24. The zero-order valence-corrected chi connectivity index (χ0v) is 14.0. The summed E-state index contributed by atoms with van der Waals surface area (Å²) in [5.41, 5.74) is 7.09. The van der Waals surface area contributed by atoms with E-state index in [0.29, 0.717) is 5.92 Å². The van der Waals surface area contributed by atoms with Gasteiger partial charge in [0, 0.05) is 19.1 Å². The zero-order chi connectivity index (χ0) is 16.4. The molecular weight excluding hydrogens is 284 g/mol. The number of carbonyl (C=O) groups is 1. The highest BCUT2D eigenvalue weighted by Crippen LogP contribution is 2.26. The standard InChI is InChI=1S/C20H26N2O/c1-14(18-8-7-17-5-3-4-6-19(17)13-18)20(23)22-11-9-16(10-12-22)15(2)21/h3-8,13-16H,9-12,21H2,1-2H3. The molecule has 1 heterocycles. The van der Waals surface area contributed by atoms with E-state index in [1.54, 1.807) is 0 Å². The van der Waals surface area contributed by atoms with Crippen molar-refractivity contribution >= 4 is 16.7 Å². The molecule has 3 heteroatoms. The van der Waals surface area contributed by atoms with Crippen molar-refractivity contribution in [1.82, 2.24) is 4.90 Å². The highest BCUT2D eigenvalue weighted by Gasteiger charge is 2.28. The lowest BCUT2D eigenvalue weighted by Crippen LogP contribution is -2.43. The van der Waals surface area contributed by atoms with Crippen LogP contribution in [0.4, 0.5) is 0 Å². The lowest BCUT2D eigenvalue weighted by molar-refractivity contribution is -0.133. The number of hydrogen-bond acceptors (Lipinski definition) is 2. The highest BCUT2D eigenvalue weighted by molar-refractivity contribution is 5.87. The summed E-state index contributed by atoms with van der Waals surface area (Å²) in [5.74, 6) is 0.699. The van der Waals surface area contributed by atoms with Crippen molar-refractivity contribution in [3.05, 3.63) is 48.0 Å². The summed E-state index contributed by atoms with van der Waals surface area (Å²) in [6.45, 7) is 5.76. The molecule has 0 bridgehead atoms. The third kappa shape index (κ3) is 3.40. The van der Waals surface area contributed by atoms with Crippen LogP contribution in [0.2, 0.25) is 0 Å². The van der Waals surface area contributed by atoms with Crippen molar-refractivity contribution < 1.29 is 4.79 Å². The Hall–Kier alpha value is -1.87. The van der Waals surface area contributed by atoms with Gasteiger partial charge in [0.05, 0.1) is 5.92 Å². The molecule has 1 saturated heterocycles. The van der Waals surface area contributed by atoms with Crippen molar-refractivity contribution in [2.24, 2.45) is 11.7 Å². The summed E-state index contributed by atoms with van der Waals surface area (Å²) >= 11 is 0. The number of carbonyl (C=O) groups excluding carboxylic acids is 1. The van der Waals surface area contributed by atoms with Gasteiger partial charge in [-0.05, 0) is 48.9 Å². The van der Waals surface area contributed by atoms with E-state index in [1.165, 1.54) is 10.8 Å². The Morgan fingerprint density at radius 3 is 2.39 bits per heavy atom. The van der Waals surface area contributed by atoms with Gasteiger partial charge in [-0.1, -0.05) is 42.5 Å². The Morgan fingerprint density at radius 2 is 1.74 bits per heavy atom. The first kappa shape index (κ1) is 16.0. The molecule has 2 atom stereocenters. The molecule has 0 aromatic heterocycles. The molecule has 2 unspecified atom stereocenters. The summed E-state index contributed by atoms with van der Waals surface area (Å²) in [6, 6.07) is 14.8. The third-order valence-electron chi connectivity index (χ3n) is 5.24. The second-order valence-corrected chi connectivity index (χ2v) is 6.85. The average molecular weight is 310 g/mol. The maximum Gasteiger partial charge on any atom is 0.229 e. The van der Waals surface area contributed by atoms with Crippen molar-refractivity contribution in [1.29, 1.82) is 0 Å². The maximum absolute atomic E-state index is 12.8. The van der Waals surface area contributed by atoms with E-state index < -0.39 is 0 Å². The molecular formula is C20H26N2O. The Labute approximate surface area is 138 Å². The number of piperidine rings is 1. The largest absolute Gasteiger partial charge is 0.342 e. The number of fused-ring (bicyclic) bond motifs is 1. The minimum atomic E-state index is -0.0912. The predicted octanol–water partition coefficient (Wildman–Crippen LogP) is 3.53. The van der Waals surface area contributed by atoms with E-state index in [-0.39, 0.29) is 17.9 Å². The van der Waals surface area contributed by atoms with E-state index in [2.05, 4.69) is 37.3 Å². The van der Waals surface area contributed by atoms with Crippen molar-refractivity contribution in [2.75, 3.05) is 13.1 Å². The average Bonchev–Trinajstić information content (AvgIpc) is 2.60. The van der Waals surface area contributed by atoms with E-state index in [1.807, 2.05) is 24.0 Å². The number of benzene rings is 2. The molecule has 23 heavy (non-hydrogen) atoms. The molecule has 0 saturated carbocycles. The second kappa shape index (κ2) is 6.71. The van der Waals surface area contributed by atoms with Crippen LogP contribution in [0.1, 0.15) is 38.2 Å². The van der Waals surface area contributed by atoms with Crippen LogP contribution >= 0.6 is 0 Å². The molecule has 0 spiro atoms. The Bertz CT molecular complexity index is 687. The molecule has 1 aliphatic rings. The minimum Gasteiger partial charge on any atom is -0.342 e. The molecule has 3 rings (SSSR count). The van der Waals surface area contributed by atoms with E-state index in [4.69, 9.17) is 5.73 Å².